The van der Waals surface area contributed by atoms with Crippen LogP contribution in [0.2, 0.25) is 12.6 Å². The zero-order valence-electron chi connectivity index (χ0n) is 15.8. The summed E-state index contributed by atoms with van der Waals surface area (Å²) in [5.41, 5.74) is -2.71. The van der Waals surface area contributed by atoms with Gasteiger partial charge >= 0.3 is 0 Å². The Bertz CT molecular complexity index is 355. The molecular formula is C18H38O4Si. The normalized spacial score (nSPS) is 41.0. The first-order valence-corrected chi connectivity index (χ1v) is 12.0. The van der Waals surface area contributed by atoms with E-state index in [9.17, 15) is 20.4 Å². The number of aliphatic hydroxyl groups excluding tert-OH is 4. The van der Waals surface area contributed by atoms with Gasteiger partial charge in [0.1, 0.15) is 8.07 Å². The van der Waals surface area contributed by atoms with Crippen molar-refractivity contribution in [2.75, 3.05) is 0 Å². The minimum Gasteiger partial charge on any atom is -0.394 e. The van der Waals surface area contributed by atoms with E-state index in [1.54, 1.807) is 0 Å². The molecule has 4 N–H and O–H groups in total. The van der Waals surface area contributed by atoms with Crippen LogP contribution in [0.15, 0.2) is 0 Å². The van der Waals surface area contributed by atoms with Crippen LogP contribution in [0.25, 0.3) is 0 Å². The second-order valence-corrected chi connectivity index (χ2v) is 13.9. The highest BCUT2D eigenvalue weighted by atomic mass is 28.3. The second-order valence-electron chi connectivity index (χ2n) is 9.22. The van der Waals surface area contributed by atoms with Crippen molar-refractivity contribution in [3.63, 3.8) is 0 Å². The Hall–Kier alpha value is 0.0569. The topological polar surface area (TPSA) is 80.9 Å². The Morgan fingerprint density at radius 3 is 1.57 bits per heavy atom. The van der Waals surface area contributed by atoms with Crippen molar-refractivity contribution in [3.8, 4) is 0 Å². The van der Waals surface area contributed by atoms with Crippen molar-refractivity contribution in [1.82, 2.24) is 0 Å². The van der Waals surface area contributed by atoms with Crippen LogP contribution in [0.3, 0.4) is 0 Å². The van der Waals surface area contributed by atoms with Crippen molar-refractivity contribution >= 4 is 8.07 Å². The van der Waals surface area contributed by atoms with Gasteiger partial charge in [0, 0.05) is 0 Å². The fourth-order valence-electron chi connectivity index (χ4n) is 3.74. The summed E-state index contributed by atoms with van der Waals surface area (Å²) in [6.07, 6.45) is 2.73. The largest absolute Gasteiger partial charge is 0.394 e. The molecule has 5 heteroatoms. The molecule has 0 saturated carbocycles. The molecule has 1 rings (SSSR count). The molecule has 1 saturated heterocycles. The van der Waals surface area contributed by atoms with Gasteiger partial charge in [-0.3, -0.25) is 0 Å². The average Bonchev–Trinajstić information content (AvgIpc) is 2.50. The molecule has 1 fully saturated rings. The van der Waals surface area contributed by atoms with Crippen LogP contribution < -0.4 is 0 Å². The van der Waals surface area contributed by atoms with E-state index in [0.29, 0.717) is 12.8 Å². The summed E-state index contributed by atoms with van der Waals surface area (Å²) < 4.78 is 0. The minimum atomic E-state index is -2.69. The lowest BCUT2D eigenvalue weighted by Gasteiger charge is -2.44. The first-order valence-electron chi connectivity index (χ1n) is 9.12. The predicted octanol–water partition coefficient (Wildman–Crippen LogP) is 2.62. The van der Waals surface area contributed by atoms with Gasteiger partial charge in [-0.1, -0.05) is 66.5 Å². The maximum atomic E-state index is 11.0. The summed E-state index contributed by atoms with van der Waals surface area (Å²) in [5, 5.41) is 43.5. The first kappa shape index (κ1) is 21.1. The van der Waals surface area contributed by atoms with Gasteiger partial charge in [-0.25, -0.2) is 0 Å². The number of rotatable bonds is 4. The lowest BCUT2D eigenvalue weighted by atomic mass is 9.74. The molecule has 1 heterocycles. The van der Waals surface area contributed by atoms with Crippen LogP contribution in [0, 0.1) is 10.8 Å². The van der Waals surface area contributed by atoms with Crippen molar-refractivity contribution in [2.24, 2.45) is 10.8 Å². The minimum absolute atomic E-state index is 0.431. The molecule has 1 aliphatic rings. The van der Waals surface area contributed by atoms with Crippen LogP contribution in [-0.4, -0.2) is 52.2 Å². The fourth-order valence-corrected chi connectivity index (χ4v) is 8.04. The van der Waals surface area contributed by atoms with E-state index in [2.05, 4.69) is 6.92 Å². The molecule has 0 aromatic heterocycles. The number of hydrogen-bond acceptors (Lipinski definition) is 4. The Kier molecular flexibility index (Phi) is 6.90. The molecular weight excluding hydrogens is 308 g/mol. The van der Waals surface area contributed by atoms with Gasteiger partial charge in [0.25, 0.3) is 0 Å². The lowest BCUT2D eigenvalue weighted by Crippen LogP contribution is -2.65. The molecule has 138 valence electrons. The molecule has 0 amide bonds. The maximum absolute atomic E-state index is 11.0. The molecule has 0 aliphatic carbocycles. The highest BCUT2D eigenvalue weighted by Gasteiger charge is 2.54. The van der Waals surface area contributed by atoms with Crippen molar-refractivity contribution in [2.45, 2.75) is 103 Å². The molecule has 0 spiro atoms. The van der Waals surface area contributed by atoms with E-state index in [1.165, 1.54) is 0 Å². The zero-order chi connectivity index (χ0) is 18.1. The Morgan fingerprint density at radius 1 is 0.826 bits per heavy atom. The van der Waals surface area contributed by atoms with Gasteiger partial charge < -0.3 is 20.4 Å². The summed E-state index contributed by atoms with van der Waals surface area (Å²) in [5.74, 6) is 0. The third kappa shape index (κ3) is 4.37. The van der Waals surface area contributed by atoms with Gasteiger partial charge in [-0.15, -0.1) is 0 Å². The van der Waals surface area contributed by atoms with Crippen molar-refractivity contribution in [1.29, 1.82) is 0 Å². The molecule has 1 aliphatic heterocycles. The van der Waals surface area contributed by atoms with E-state index < -0.39 is 42.6 Å². The van der Waals surface area contributed by atoms with E-state index in [-0.39, 0.29) is 0 Å². The maximum Gasteiger partial charge on any atom is 0.123 e. The quantitative estimate of drug-likeness (QED) is 0.466. The number of unbranched alkanes of at least 4 members (excludes halogenated alkanes) is 2. The second kappa shape index (κ2) is 7.52. The predicted molar refractivity (Wildman–Crippen MR) is 96.8 cm³/mol. The molecule has 0 aromatic carbocycles. The Labute approximate surface area is 142 Å². The summed E-state index contributed by atoms with van der Waals surface area (Å²) >= 11 is 0. The molecule has 4 atom stereocenters. The summed E-state index contributed by atoms with van der Waals surface area (Å²) in [4.78, 5) is 0. The van der Waals surface area contributed by atoms with Gasteiger partial charge in [-0.2, -0.15) is 0 Å². The highest BCUT2D eigenvalue weighted by molar-refractivity contribution is 6.81. The van der Waals surface area contributed by atoms with Gasteiger partial charge in [0.2, 0.25) is 0 Å². The average molecular weight is 347 g/mol. The zero-order valence-corrected chi connectivity index (χ0v) is 16.8. The standard InChI is InChI=1S/C18H38O4Si/c1-7-8-9-12-23(6)15(21)13(19)17(2,3)10-11-18(4,5)14(20)16(23)22/h13-16,19-22H,7-12H2,1-6H3. The molecule has 0 aromatic rings. The highest BCUT2D eigenvalue weighted by Crippen LogP contribution is 2.43. The molecule has 4 nitrogen and oxygen atoms in total. The smallest absolute Gasteiger partial charge is 0.123 e. The van der Waals surface area contributed by atoms with E-state index in [1.807, 2.05) is 34.2 Å². The number of aliphatic hydroxyl groups is 4. The summed E-state index contributed by atoms with van der Waals surface area (Å²) in [7, 11) is -2.69. The van der Waals surface area contributed by atoms with Crippen molar-refractivity contribution in [3.05, 3.63) is 0 Å². The first-order chi connectivity index (χ1) is 10.4. The Morgan fingerprint density at radius 2 is 1.22 bits per heavy atom. The van der Waals surface area contributed by atoms with Gasteiger partial charge in [-0.05, 0) is 23.7 Å². The van der Waals surface area contributed by atoms with E-state index in [0.717, 1.165) is 25.3 Å². The third-order valence-electron chi connectivity index (χ3n) is 6.28. The van der Waals surface area contributed by atoms with Crippen LogP contribution in [0.5, 0.6) is 0 Å². The van der Waals surface area contributed by atoms with E-state index in [4.69, 9.17) is 0 Å². The van der Waals surface area contributed by atoms with Crippen LogP contribution in [0.4, 0.5) is 0 Å². The molecule has 23 heavy (non-hydrogen) atoms. The lowest BCUT2D eigenvalue weighted by molar-refractivity contribution is -0.0328. The molecule has 4 unspecified atom stereocenters. The molecule has 0 bridgehead atoms. The summed E-state index contributed by atoms with van der Waals surface area (Å²) in [6.45, 7) is 12.0. The van der Waals surface area contributed by atoms with Gasteiger partial charge in [0.05, 0.1) is 23.7 Å². The van der Waals surface area contributed by atoms with E-state index >= 15 is 0 Å². The molecule has 0 radical (unpaired) electrons. The van der Waals surface area contributed by atoms with Crippen molar-refractivity contribution < 1.29 is 20.4 Å². The van der Waals surface area contributed by atoms with Crippen LogP contribution >= 0.6 is 0 Å². The monoisotopic (exact) mass is 346 g/mol. The third-order valence-corrected chi connectivity index (χ3v) is 11.0. The van der Waals surface area contributed by atoms with Gasteiger partial charge in [0.15, 0.2) is 0 Å². The van der Waals surface area contributed by atoms with Crippen LogP contribution in [-0.2, 0) is 0 Å². The van der Waals surface area contributed by atoms with Crippen LogP contribution in [0.1, 0.15) is 66.7 Å². The Balaban J connectivity index is 3.25. The SMILES string of the molecule is CCCCC[Si]1(C)C(O)C(O)C(C)(C)CCC(C)(C)C(O)C1O. The summed E-state index contributed by atoms with van der Waals surface area (Å²) in [6, 6.07) is 0.726. The number of hydrogen-bond donors (Lipinski definition) is 4. The fraction of sp³-hybridized carbons (Fsp3) is 1.00.